The minimum Gasteiger partial charge on any atom is -0.392 e. The van der Waals surface area contributed by atoms with Crippen LogP contribution in [-0.2, 0) is 8.85 Å². The zero-order valence-corrected chi connectivity index (χ0v) is 9.02. The maximum absolute atomic E-state index is 5.46. The van der Waals surface area contributed by atoms with Crippen molar-refractivity contribution in [3.63, 3.8) is 0 Å². The number of rotatable bonds is 5. The monoisotopic (exact) mass is 194 g/mol. The van der Waals surface area contributed by atoms with Crippen molar-refractivity contribution in [1.82, 2.24) is 0 Å². The van der Waals surface area contributed by atoms with E-state index >= 15 is 0 Å². The highest BCUT2D eigenvalue weighted by Crippen LogP contribution is 2.09. The molecule has 0 aromatic heterocycles. The summed E-state index contributed by atoms with van der Waals surface area (Å²) in [6, 6.07) is 0. The molecule has 2 nitrogen and oxygen atoms in total. The predicted molar refractivity (Wildman–Crippen MR) is 49.9 cm³/mol. The molecule has 0 aromatic rings. The summed E-state index contributed by atoms with van der Waals surface area (Å²) in [5.41, 5.74) is 3.29. The van der Waals surface area contributed by atoms with Crippen molar-refractivity contribution < 1.29 is 8.85 Å². The van der Waals surface area contributed by atoms with Crippen LogP contribution in [0.5, 0.6) is 0 Å². The zero-order valence-electron chi connectivity index (χ0n) is 7.26. The molecule has 0 fully saturated rings. The van der Waals surface area contributed by atoms with Gasteiger partial charge < -0.3 is 8.85 Å². The Bertz CT molecular complexity index is 122. The second-order valence-corrected chi connectivity index (χ2v) is 5.37. The highest BCUT2D eigenvalue weighted by Gasteiger charge is 2.26. The van der Waals surface area contributed by atoms with Crippen molar-refractivity contribution in [2.75, 3.05) is 13.2 Å². The van der Waals surface area contributed by atoms with Gasteiger partial charge in [-0.3, -0.25) is 0 Å². The summed E-state index contributed by atoms with van der Waals surface area (Å²) in [5.74, 6) is 0. The fourth-order valence-electron chi connectivity index (χ4n) is 0.826. The minimum absolute atomic E-state index is 0.671. The Hall–Kier alpha value is 0.167. The maximum Gasteiger partial charge on any atom is 0.362 e. The van der Waals surface area contributed by atoms with Crippen molar-refractivity contribution in [3.8, 4) is 0 Å². The fraction of sp³-hybridized carbons (Fsp3) is 0.714. The molecule has 0 unspecified atom stereocenters. The van der Waals surface area contributed by atoms with Gasteiger partial charge in [0.1, 0.15) is 0 Å². The molecule has 0 saturated carbocycles. The topological polar surface area (TPSA) is 18.5 Å². The van der Waals surface area contributed by atoms with Gasteiger partial charge in [0.05, 0.1) is 0 Å². The van der Waals surface area contributed by atoms with E-state index in [-0.39, 0.29) is 0 Å². The molecule has 66 valence electrons. The van der Waals surface area contributed by atoms with Crippen LogP contribution < -0.4 is 0 Å². The lowest BCUT2D eigenvalue weighted by Crippen LogP contribution is -2.36. The van der Waals surface area contributed by atoms with Gasteiger partial charge in [-0.05, 0) is 26.1 Å². The molecule has 0 radical (unpaired) electrons. The first kappa shape index (κ1) is 11.2. The Labute approximate surface area is 74.4 Å². The maximum atomic E-state index is 5.46. The quantitative estimate of drug-likeness (QED) is 0.626. The summed E-state index contributed by atoms with van der Waals surface area (Å²) in [7, 11) is -2.06. The van der Waals surface area contributed by atoms with Gasteiger partial charge in [-0.15, -0.1) is 0 Å². The molecule has 0 aliphatic carbocycles. The highest BCUT2D eigenvalue weighted by atomic mass is 35.5. The van der Waals surface area contributed by atoms with Gasteiger partial charge in [0.25, 0.3) is 0 Å². The lowest BCUT2D eigenvalue weighted by atomic mass is 10.9. The summed E-state index contributed by atoms with van der Waals surface area (Å²) in [5, 5.41) is 0. The average Bonchev–Trinajstić information content (AvgIpc) is 1.88. The van der Waals surface area contributed by atoms with E-state index in [1.54, 1.807) is 0 Å². The standard InChI is InChI=1S/C7H15ClO2Si/c1-4-9-11(3,7-6-8)10-5-2/h6-7H,4-5H2,1-3H3/b7-6+. The average molecular weight is 195 g/mol. The predicted octanol–water partition coefficient (Wildman–Crippen LogP) is 2.42. The number of hydrogen-bond acceptors (Lipinski definition) is 2. The summed E-state index contributed by atoms with van der Waals surface area (Å²) in [6.45, 7) is 7.21. The van der Waals surface area contributed by atoms with Crippen LogP contribution in [0.3, 0.4) is 0 Å². The molecule has 4 heteroatoms. The molecule has 0 atom stereocenters. The van der Waals surface area contributed by atoms with Gasteiger partial charge in [-0.2, -0.15) is 0 Å². The van der Waals surface area contributed by atoms with Crippen molar-refractivity contribution in [3.05, 3.63) is 11.2 Å². The second kappa shape index (κ2) is 5.77. The smallest absolute Gasteiger partial charge is 0.362 e. The normalized spacial score (nSPS) is 12.7. The molecule has 0 saturated heterocycles. The van der Waals surface area contributed by atoms with E-state index in [4.69, 9.17) is 20.5 Å². The van der Waals surface area contributed by atoms with Crippen LogP contribution in [0.2, 0.25) is 6.55 Å². The van der Waals surface area contributed by atoms with Crippen LogP contribution >= 0.6 is 11.6 Å². The molecule has 0 rings (SSSR count). The van der Waals surface area contributed by atoms with Crippen LogP contribution in [0.1, 0.15) is 13.8 Å². The fourth-order valence-corrected chi connectivity index (χ4v) is 3.16. The van der Waals surface area contributed by atoms with Crippen molar-refractivity contribution in [1.29, 1.82) is 0 Å². The van der Waals surface area contributed by atoms with E-state index < -0.39 is 8.56 Å². The van der Waals surface area contributed by atoms with Gasteiger partial charge in [-0.1, -0.05) is 11.6 Å². The summed E-state index contributed by atoms with van der Waals surface area (Å²) in [4.78, 5) is 0. The van der Waals surface area contributed by atoms with Crippen LogP contribution in [0.25, 0.3) is 0 Å². The van der Waals surface area contributed by atoms with Crippen molar-refractivity contribution in [2.24, 2.45) is 0 Å². The molecule has 0 aliphatic rings. The molecular weight excluding hydrogens is 180 g/mol. The van der Waals surface area contributed by atoms with E-state index in [0.717, 1.165) is 0 Å². The lowest BCUT2D eigenvalue weighted by molar-refractivity contribution is 0.201. The van der Waals surface area contributed by atoms with Crippen LogP contribution in [0.15, 0.2) is 11.2 Å². The largest absolute Gasteiger partial charge is 0.392 e. The first-order chi connectivity index (χ1) is 5.18. The molecular formula is C7H15ClO2Si. The van der Waals surface area contributed by atoms with E-state index in [0.29, 0.717) is 13.2 Å². The second-order valence-electron chi connectivity index (χ2n) is 2.17. The Kier molecular flexibility index (Phi) is 5.86. The first-order valence-electron chi connectivity index (χ1n) is 3.74. The van der Waals surface area contributed by atoms with E-state index in [2.05, 4.69) is 0 Å². The van der Waals surface area contributed by atoms with Crippen molar-refractivity contribution in [2.45, 2.75) is 20.4 Å². The van der Waals surface area contributed by atoms with E-state index in [1.165, 1.54) is 5.54 Å². The number of hydrogen-bond donors (Lipinski definition) is 0. The minimum atomic E-state index is -2.06. The van der Waals surface area contributed by atoms with E-state index in [1.807, 2.05) is 26.1 Å². The molecule has 0 heterocycles. The third kappa shape index (κ3) is 4.58. The molecule has 0 spiro atoms. The zero-order chi connectivity index (χ0) is 8.74. The van der Waals surface area contributed by atoms with Crippen LogP contribution in [0, 0.1) is 0 Å². The Morgan fingerprint density at radius 3 is 2.00 bits per heavy atom. The van der Waals surface area contributed by atoms with Crippen molar-refractivity contribution >= 4 is 20.2 Å². The molecule has 0 aromatic carbocycles. The summed E-state index contributed by atoms with van der Waals surface area (Å²) in [6.07, 6.45) is 0. The molecule has 0 aliphatic heterocycles. The van der Waals surface area contributed by atoms with Crippen LogP contribution in [-0.4, -0.2) is 21.8 Å². The summed E-state index contributed by atoms with van der Waals surface area (Å²) < 4.78 is 10.9. The number of halogens is 1. The Balaban J connectivity index is 4.01. The Morgan fingerprint density at radius 1 is 1.27 bits per heavy atom. The Morgan fingerprint density at radius 2 is 1.73 bits per heavy atom. The van der Waals surface area contributed by atoms with Gasteiger partial charge >= 0.3 is 8.56 Å². The molecule has 11 heavy (non-hydrogen) atoms. The molecule has 0 amide bonds. The molecule has 0 bridgehead atoms. The highest BCUT2D eigenvalue weighted by molar-refractivity contribution is 6.72. The van der Waals surface area contributed by atoms with Gasteiger partial charge in [0.2, 0.25) is 0 Å². The van der Waals surface area contributed by atoms with Crippen LogP contribution in [0.4, 0.5) is 0 Å². The lowest BCUT2D eigenvalue weighted by Gasteiger charge is -2.21. The SMILES string of the molecule is CCO[Si](C)(/C=C/Cl)OCC. The van der Waals surface area contributed by atoms with E-state index in [9.17, 15) is 0 Å². The third-order valence-corrected chi connectivity index (χ3v) is 4.06. The van der Waals surface area contributed by atoms with Gasteiger partial charge in [0, 0.05) is 18.7 Å². The van der Waals surface area contributed by atoms with Gasteiger partial charge in [-0.25, -0.2) is 0 Å². The third-order valence-electron chi connectivity index (χ3n) is 1.23. The molecule has 0 N–H and O–H groups in total. The summed E-state index contributed by atoms with van der Waals surface area (Å²) >= 11 is 5.45. The van der Waals surface area contributed by atoms with Gasteiger partial charge in [0.15, 0.2) is 0 Å². The first-order valence-corrected chi connectivity index (χ1v) is 6.57.